The van der Waals surface area contributed by atoms with E-state index in [0.29, 0.717) is 25.5 Å². The summed E-state index contributed by atoms with van der Waals surface area (Å²) in [6.45, 7) is 6.54. The maximum absolute atomic E-state index is 13.8. The lowest BCUT2D eigenvalue weighted by atomic mass is 9.91. The van der Waals surface area contributed by atoms with Crippen LogP contribution in [0.3, 0.4) is 0 Å². The van der Waals surface area contributed by atoms with E-state index in [9.17, 15) is 4.79 Å². The van der Waals surface area contributed by atoms with Crippen molar-refractivity contribution in [3.8, 4) is 0 Å². The summed E-state index contributed by atoms with van der Waals surface area (Å²) in [7, 11) is 0. The van der Waals surface area contributed by atoms with Crippen molar-refractivity contribution in [3.63, 3.8) is 0 Å². The molecule has 3 aliphatic rings. The molecule has 7 heteroatoms. The molecule has 2 atom stereocenters. The first-order chi connectivity index (χ1) is 16.1. The van der Waals surface area contributed by atoms with Crippen LogP contribution in [-0.2, 0) is 25.5 Å². The summed E-state index contributed by atoms with van der Waals surface area (Å²) in [5, 5.41) is 3.46. The van der Waals surface area contributed by atoms with E-state index in [2.05, 4.69) is 28.5 Å². The van der Waals surface area contributed by atoms with Crippen LogP contribution in [0.25, 0.3) is 0 Å². The van der Waals surface area contributed by atoms with Gasteiger partial charge < -0.3 is 24.4 Å². The van der Waals surface area contributed by atoms with Gasteiger partial charge in [0.15, 0.2) is 0 Å². The molecule has 0 bridgehead atoms. The Morgan fingerprint density at radius 2 is 2.03 bits per heavy atom. The largest absolute Gasteiger partial charge is 0.381 e. The Balaban J connectivity index is 1.43. The van der Waals surface area contributed by atoms with Crippen LogP contribution in [0.1, 0.15) is 56.6 Å². The average Bonchev–Trinajstić information content (AvgIpc) is 3.00. The molecule has 5 rings (SSSR count). The Labute approximate surface area is 195 Å². The number of benzene rings is 1. The van der Waals surface area contributed by atoms with Gasteiger partial charge in [0, 0.05) is 25.0 Å². The number of rotatable bonds is 4. The molecule has 2 saturated heterocycles. The average molecular weight is 452 g/mol. The highest BCUT2D eigenvalue weighted by Crippen LogP contribution is 2.39. The highest BCUT2D eigenvalue weighted by molar-refractivity contribution is 6.01. The van der Waals surface area contributed by atoms with E-state index in [1.54, 1.807) is 6.20 Å². The summed E-state index contributed by atoms with van der Waals surface area (Å²) in [6, 6.07) is 10.4. The van der Waals surface area contributed by atoms with Gasteiger partial charge in [-0.2, -0.15) is 0 Å². The Hall–Kier alpha value is -2.48. The van der Waals surface area contributed by atoms with Crippen molar-refractivity contribution in [1.29, 1.82) is 0 Å². The molecule has 0 spiro atoms. The normalized spacial score (nSPS) is 23.4. The standard InChI is InChI=1S/C26H33N3O4/c1-17(2)33-21-6-8-24(32-16-21)26(30)29-15-20-4-3-11-27-25(20)28-22-7-5-19(14-23(22)29)18-9-12-31-13-10-18/h3-5,7,11,14,17-18,21,24H,6,8-10,12-13,15-16H2,1-2H3,(H,27,28)/t21-,24+/m0/s1. The van der Waals surface area contributed by atoms with E-state index < -0.39 is 6.10 Å². The minimum absolute atomic E-state index is 0.00174. The fourth-order valence-corrected chi connectivity index (χ4v) is 5.01. The van der Waals surface area contributed by atoms with Crippen LogP contribution in [0.5, 0.6) is 0 Å². The number of fused-ring (bicyclic) bond motifs is 2. The fourth-order valence-electron chi connectivity index (χ4n) is 5.01. The summed E-state index contributed by atoms with van der Waals surface area (Å²) in [5.74, 6) is 1.24. The first kappa shape index (κ1) is 22.3. The lowest BCUT2D eigenvalue weighted by Crippen LogP contribution is -2.44. The molecule has 176 valence electrons. The van der Waals surface area contributed by atoms with Crippen molar-refractivity contribution < 1.29 is 19.0 Å². The van der Waals surface area contributed by atoms with E-state index in [4.69, 9.17) is 14.2 Å². The molecule has 1 amide bonds. The quantitative estimate of drug-likeness (QED) is 0.736. The van der Waals surface area contributed by atoms with E-state index in [-0.39, 0.29) is 18.1 Å². The molecule has 4 heterocycles. The Kier molecular flexibility index (Phi) is 6.62. The third-order valence-electron chi connectivity index (χ3n) is 6.72. The van der Waals surface area contributed by atoms with Crippen LogP contribution >= 0.6 is 0 Å². The Morgan fingerprint density at radius 3 is 2.79 bits per heavy atom. The van der Waals surface area contributed by atoms with Crippen LogP contribution in [-0.4, -0.2) is 49.0 Å². The molecule has 7 nitrogen and oxygen atoms in total. The van der Waals surface area contributed by atoms with E-state index in [0.717, 1.165) is 55.2 Å². The Morgan fingerprint density at radius 1 is 1.18 bits per heavy atom. The molecule has 33 heavy (non-hydrogen) atoms. The number of aromatic nitrogens is 1. The minimum atomic E-state index is -0.463. The SMILES string of the molecule is CC(C)O[C@H]1CC[C@H](C(=O)N2Cc3cccnc3Nc3ccc(C4CCOCC4)cc32)OC1. The first-order valence-electron chi connectivity index (χ1n) is 12.1. The number of anilines is 3. The fraction of sp³-hybridized carbons (Fsp3) is 0.538. The van der Waals surface area contributed by atoms with Gasteiger partial charge >= 0.3 is 0 Å². The highest BCUT2D eigenvalue weighted by Gasteiger charge is 2.34. The second kappa shape index (κ2) is 9.79. The second-order valence-electron chi connectivity index (χ2n) is 9.43. The highest BCUT2D eigenvalue weighted by atomic mass is 16.5. The van der Waals surface area contributed by atoms with Crippen molar-refractivity contribution in [2.75, 3.05) is 30.0 Å². The van der Waals surface area contributed by atoms with Crippen molar-refractivity contribution in [2.45, 2.75) is 70.3 Å². The van der Waals surface area contributed by atoms with E-state index in [1.807, 2.05) is 30.9 Å². The zero-order valence-electron chi connectivity index (χ0n) is 19.5. The smallest absolute Gasteiger partial charge is 0.256 e. The van der Waals surface area contributed by atoms with Crippen LogP contribution < -0.4 is 10.2 Å². The van der Waals surface area contributed by atoms with Crippen LogP contribution in [0.15, 0.2) is 36.5 Å². The van der Waals surface area contributed by atoms with Gasteiger partial charge in [0.25, 0.3) is 5.91 Å². The monoisotopic (exact) mass is 451 g/mol. The number of hydrogen-bond acceptors (Lipinski definition) is 6. The molecule has 0 radical (unpaired) electrons. The molecule has 1 aromatic heterocycles. The number of hydrogen-bond donors (Lipinski definition) is 1. The maximum Gasteiger partial charge on any atom is 0.256 e. The lowest BCUT2D eigenvalue weighted by molar-refractivity contribution is -0.143. The van der Waals surface area contributed by atoms with Crippen LogP contribution in [0.4, 0.5) is 17.2 Å². The van der Waals surface area contributed by atoms with Crippen LogP contribution in [0.2, 0.25) is 0 Å². The molecule has 2 aromatic rings. The number of ether oxygens (including phenoxy) is 3. The topological polar surface area (TPSA) is 72.9 Å². The van der Waals surface area contributed by atoms with Gasteiger partial charge in [0.1, 0.15) is 11.9 Å². The Bertz CT molecular complexity index is 981. The van der Waals surface area contributed by atoms with E-state index in [1.165, 1.54) is 5.56 Å². The number of pyridine rings is 1. The molecule has 0 saturated carbocycles. The predicted molar refractivity (Wildman–Crippen MR) is 127 cm³/mol. The van der Waals surface area contributed by atoms with Gasteiger partial charge in [0.2, 0.25) is 0 Å². The number of amides is 1. The summed E-state index contributed by atoms with van der Waals surface area (Å²) in [6.07, 6.45) is 5.02. The molecule has 3 aliphatic heterocycles. The first-order valence-corrected chi connectivity index (χ1v) is 12.1. The predicted octanol–water partition coefficient (Wildman–Crippen LogP) is 4.54. The molecule has 0 unspecified atom stereocenters. The molecule has 1 aromatic carbocycles. The molecule has 1 N–H and O–H groups in total. The van der Waals surface area contributed by atoms with Gasteiger partial charge in [-0.25, -0.2) is 4.98 Å². The second-order valence-corrected chi connectivity index (χ2v) is 9.43. The van der Waals surface area contributed by atoms with Crippen molar-refractivity contribution in [3.05, 3.63) is 47.7 Å². The van der Waals surface area contributed by atoms with E-state index >= 15 is 0 Å². The maximum atomic E-state index is 13.8. The van der Waals surface area contributed by atoms with Gasteiger partial charge in [-0.15, -0.1) is 0 Å². The number of carbonyl (C=O) groups is 1. The number of carbonyl (C=O) groups excluding carboxylic acids is 1. The number of nitrogens with zero attached hydrogens (tertiary/aromatic N) is 2. The summed E-state index contributed by atoms with van der Waals surface area (Å²) < 4.78 is 17.5. The zero-order valence-corrected chi connectivity index (χ0v) is 19.5. The van der Waals surface area contributed by atoms with Crippen LogP contribution in [0, 0.1) is 0 Å². The molecular weight excluding hydrogens is 418 g/mol. The van der Waals surface area contributed by atoms with Crippen molar-refractivity contribution >= 4 is 23.1 Å². The van der Waals surface area contributed by atoms with Gasteiger partial charge in [-0.05, 0) is 69.2 Å². The summed E-state index contributed by atoms with van der Waals surface area (Å²) in [5.41, 5.74) is 4.04. The van der Waals surface area contributed by atoms with Gasteiger partial charge in [-0.1, -0.05) is 12.1 Å². The molecular formula is C26H33N3O4. The van der Waals surface area contributed by atoms with Crippen molar-refractivity contribution in [1.82, 2.24) is 4.98 Å². The third-order valence-corrected chi connectivity index (χ3v) is 6.72. The molecule has 0 aliphatic carbocycles. The summed E-state index contributed by atoms with van der Waals surface area (Å²) >= 11 is 0. The third kappa shape index (κ3) is 4.90. The zero-order chi connectivity index (χ0) is 22.8. The van der Waals surface area contributed by atoms with Crippen molar-refractivity contribution in [2.24, 2.45) is 0 Å². The summed E-state index contributed by atoms with van der Waals surface area (Å²) in [4.78, 5) is 20.2. The van der Waals surface area contributed by atoms with Gasteiger partial charge in [0.05, 0.1) is 36.7 Å². The lowest BCUT2D eigenvalue weighted by Gasteiger charge is -2.33. The minimum Gasteiger partial charge on any atom is -0.381 e. The molecule has 2 fully saturated rings. The van der Waals surface area contributed by atoms with Gasteiger partial charge in [-0.3, -0.25) is 4.79 Å². The number of nitrogens with one attached hydrogen (secondary N) is 1.